The summed E-state index contributed by atoms with van der Waals surface area (Å²) in [6, 6.07) is 0. The lowest BCUT2D eigenvalue weighted by Crippen LogP contribution is -2.30. The van der Waals surface area contributed by atoms with Crippen molar-refractivity contribution in [3.8, 4) is 0 Å². The molecule has 1 atom stereocenters. The van der Waals surface area contributed by atoms with Gasteiger partial charge in [-0.2, -0.15) is 5.10 Å². The van der Waals surface area contributed by atoms with Gasteiger partial charge in [0, 0.05) is 18.8 Å². The molecule has 1 aliphatic heterocycles. The predicted molar refractivity (Wildman–Crippen MR) is 79.7 cm³/mol. The molecule has 0 bridgehead atoms. The Balaban J connectivity index is 1.90. The summed E-state index contributed by atoms with van der Waals surface area (Å²) in [4.78, 5) is 12.1. The molecule has 3 N–H and O–H groups in total. The van der Waals surface area contributed by atoms with Crippen molar-refractivity contribution in [1.29, 1.82) is 0 Å². The number of carbonyl (C=O) groups is 1. The highest BCUT2D eigenvalue weighted by Gasteiger charge is 2.28. The lowest BCUT2D eigenvalue weighted by atomic mass is 10.1. The second-order valence-corrected chi connectivity index (χ2v) is 7.72. The van der Waals surface area contributed by atoms with Gasteiger partial charge in [0.05, 0.1) is 23.3 Å². The Bertz CT molecular complexity index is 609. The third-order valence-electron chi connectivity index (χ3n) is 3.80. The van der Waals surface area contributed by atoms with Gasteiger partial charge in [0.2, 0.25) is 0 Å². The lowest BCUT2D eigenvalue weighted by Gasteiger charge is -2.09. The van der Waals surface area contributed by atoms with Crippen molar-refractivity contribution in [2.75, 3.05) is 24.6 Å². The molecule has 1 amide bonds. The maximum Gasteiger partial charge on any atom is 0.254 e. The van der Waals surface area contributed by atoms with Crippen LogP contribution in [0, 0.1) is 12.8 Å². The van der Waals surface area contributed by atoms with Gasteiger partial charge in [-0.15, -0.1) is 0 Å². The summed E-state index contributed by atoms with van der Waals surface area (Å²) in [5.74, 6) is 0.216. The summed E-state index contributed by atoms with van der Waals surface area (Å²) in [6.45, 7) is 3.51. The molecule has 1 aromatic rings. The molecule has 2 heterocycles. The molecular formula is C13H22N4O3S. The van der Waals surface area contributed by atoms with Crippen LogP contribution >= 0.6 is 0 Å². The van der Waals surface area contributed by atoms with Crippen LogP contribution in [0.25, 0.3) is 0 Å². The number of amides is 1. The highest BCUT2D eigenvalue weighted by Crippen LogP contribution is 2.17. The Morgan fingerprint density at radius 2 is 2.33 bits per heavy atom. The summed E-state index contributed by atoms with van der Waals surface area (Å²) < 4.78 is 24.5. The number of rotatable bonds is 6. The molecule has 1 aromatic heterocycles. The Morgan fingerprint density at radius 1 is 1.57 bits per heavy atom. The fourth-order valence-electron chi connectivity index (χ4n) is 2.50. The smallest absolute Gasteiger partial charge is 0.254 e. The summed E-state index contributed by atoms with van der Waals surface area (Å²) in [5, 5.41) is 6.99. The van der Waals surface area contributed by atoms with Gasteiger partial charge in [0.1, 0.15) is 0 Å². The number of nitrogens with two attached hydrogens (primary N) is 1. The highest BCUT2D eigenvalue weighted by atomic mass is 32.2. The van der Waals surface area contributed by atoms with E-state index in [4.69, 9.17) is 5.73 Å². The molecule has 0 saturated carbocycles. The van der Waals surface area contributed by atoms with Gasteiger partial charge < -0.3 is 11.1 Å². The van der Waals surface area contributed by atoms with E-state index in [0.29, 0.717) is 31.6 Å². The predicted octanol–water partition coefficient (Wildman–Crippen LogP) is -0.295. The number of hydrogen-bond donors (Lipinski definition) is 2. The van der Waals surface area contributed by atoms with E-state index < -0.39 is 9.84 Å². The maximum atomic E-state index is 12.1. The Labute approximate surface area is 124 Å². The summed E-state index contributed by atoms with van der Waals surface area (Å²) in [6.07, 6.45) is 2.98. The van der Waals surface area contributed by atoms with Crippen molar-refractivity contribution in [3.05, 3.63) is 17.5 Å². The third-order valence-corrected chi connectivity index (χ3v) is 5.64. The van der Waals surface area contributed by atoms with E-state index in [2.05, 4.69) is 10.4 Å². The zero-order valence-corrected chi connectivity index (χ0v) is 13.0. The number of hydrogen-bond acceptors (Lipinski definition) is 5. The Morgan fingerprint density at radius 3 is 2.95 bits per heavy atom. The second-order valence-electron chi connectivity index (χ2n) is 5.49. The van der Waals surface area contributed by atoms with Crippen molar-refractivity contribution >= 4 is 15.7 Å². The van der Waals surface area contributed by atoms with Gasteiger partial charge >= 0.3 is 0 Å². The minimum absolute atomic E-state index is 0.0199. The summed E-state index contributed by atoms with van der Waals surface area (Å²) in [5.41, 5.74) is 6.80. The van der Waals surface area contributed by atoms with Crippen molar-refractivity contribution in [3.63, 3.8) is 0 Å². The van der Waals surface area contributed by atoms with E-state index in [0.717, 1.165) is 12.1 Å². The molecule has 2 rings (SSSR count). The first-order valence-corrected chi connectivity index (χ1v) is 8.96. The Kier molecular flexibility index (Phi) is 5.00. The van der Waals surface area contributed by atoms with Crippen LogP contribution in [0.2, 0.25) is 0 Å². The molecule has 1 aliphatic rings. The number of sulfone groups is 1. The molecule has 0 radical (unpaired) electrons. The third kappa shape index (κ3) is 4.04. The largest absolute Gasteiger partial charge is 0.352 e. The monoisotopic (exact) mass is 314 g/mol. The lowest BCUT2D eigenvalue weighted by molar-refractivity contribution is 0.0947. The van der Waals surface area contributed by atoms with E-state index in [-0.39, 0.29) is 23.3 Å². The molecule has 1 unspecified atom stereocenters. The summed E-state index contributed by atoms with van der Waals surface area (Å²) >= 11 is 0. The van der Waals surface area contributed by atoms with Crippen LogP contribution in [0.3, 0.4) is 0 Å². The minimum atomic E-state index is -2.90. The number of aromatic nitrogens is 2. The van der Waals surface area contributed by atoms with Crippen molar-refractivity contribution < 1.29 is 13.2 Å². The molecule has 21 heavy (non-hydrogen) atoms. The fraction of sp³-hybridized carbons (Fsp3) is 0.692. The topological polar surface area (TPSA) is 107 Å². The van der Waals surface area contributed by atoms with Crippen molar-refractivity contribution in [2.45, 2.75) is 26.3 Å². The molecule has 1 fully saturated rings. The van der Waals surface area contributed by atoms with Crippen molar-refractivity contribution in [1.82, 2.24) is 15.1 Å². The molecule has 8 heteroatoms. The highest BCUT2D eigenvalue weighted by molar-refractivity contribution is 7.91. The van der Waals surface area contributed by atoms with Crippen LogP contribution in [0.15, 0.2) is 6.20 Å². The SMILES string of the molecule is Cc1c(C(=O)NCC2CCS(=O)(=O)C2)cnn1CCCN. The molecule has 0 aromatic carbocycles. The van der Waals surface area contributed by atoms with Crippen LogP contribution < -0.4 is 11.1 Å². The zero-order valence-electron chi connectivity index (χ0n) is 12.2. The average molecular weight is 314 g/mol. The van der Waals surface area contributed by atoms with Gasteiger partial charge in [-0.3, -0.25) is 9.48 Å². The van der Waals surface area contributed by atoms with Crippen LogP contribution in [-0.4, -0.2) is 48.7 Å². The fourth-order valence-corrected chi connectivity index (χ4v) is 4.36. The van der Waals surface area contributed by atoms with Gasteiger partial charge in [-0.25, -0.2) is 8.42 Å². The molecule has 7 nitrogen and oxygen atoms in total. The van der Waals surface area contributed by atoms with Crippen LogP contribution in [0.4, 0.5) is 0 Å². The second kappa shape index (κ2) is 6.57. The standard InChI is InChI=1S/C13H22N4O3S/c1-10-12(8-16-17(10)5-2-4-14)13(18)15-7-11-3-6-21(19,20)9-11/h8,11H,2-7,9,14H2,1H3,(H,15,18). The zero-order chi connectivity index (χ0) is 15.5. The first-order chi connectivity index (χ1) is 9.93. The van der Waals surface area contributed by atoms with Gasteiger partial charge in [0.25, 0.3) is 5.91 Å². The molecule has 118 valence electrons. The first-order valence-electron chi connectivity index (χ1n) is 7.14. The normalized spacial score (nSPS) is 20.6. The number of aryl methyl sites for hydroxylation is 1. The van der Waals surface area contributed by atoms with E-state index >= 15 is 0 Å². The van der Waals surface area contributed by atoms with Crippen LogP contribution in [0.5, 0.6) is 0 Å². The molecule has 1 saturated heterocycles. The summed E-state index contributed by atoms with van der Waals surface area (Å²) in [7, 11) is -2.90. The van der Waals surface area contributed by atoms with Crippen LogP contribution in [0.1, 0.15) is 28.9 Å². The van der Waals surface area contributed by atoms with E-state index in [9.17, 15) is 13.2 Å². The van der Waals surface area contributed by atoms with E-state index in [1.807, 2.05) is 6.92 Å². The van der Waals surface area contributed by atoms with Crippen LogP contribution in [-0.2, 0) is 16.4 Å². The maximum absolute atomic E-state index is 12.1. The van der Waals surface area contributed by atoms with E-state index in [1.165, 1.54) is 0 Å². The minimum Gasteiger partial charge on any atom is -0.352 e. The molecular weight excluding hydrogens is 292 g/mol. The number of nitrogens with zero attached hydrogens (tertiary/aromatic N) is 2. The molecule has 0 aliphatic carbocycles. The average Bonchev–Trinajstić information content (AvgIpc) is 2.97. The quantitative estimate of drug-likeness (QED) is 0.750. The molecule has 0 spiro atoms. The van der Waals surface area contributed by atoms with Gasteiger partial charge in [-0.05, 0) is 32.2 Å². The number of carbonyl (C=O) groups excluding carboxylic acids is 1. The van der Waals surface area contributed by atoms with Gasteiger partial charge in [0.15, 0.2) is 9.84 Å². The first kappa shape index (κ1) is 16.0. The van der Waals surface area contributed by atoms with E-state index in [1.54, 1.807) is 10.9 Å². The van der Waals surface area contributed by atoms with Crippen molar-refractivity contribution in [2.24, 2.45) is 11.7 Å². The Hall–Kier alpha value is -1.41. The van der Waals surface area contributed by atoms with Gasteiger partial charge in [-0.1, -0.05) is 0 Å². The number of nitrogens with one attached hydrogen (secondary N) is 1.